The molecule has 106 valence electrons. The van der Waals surface area contributed by atoms with Crippen LogP contribution >= 0.6 is 27.5 Å². The van der Waals surface area contributed by atoms with Crippen molar-refractivity contribution in [3.8, 4) is 0 Å². The fourth-order valence-electron chi connectivity index (χ4n) is 2.40. The summed E-state index contributed by atoms with van der Waals surface area (Å²) in [7, 11) is 0. The Balaban J connectivity index is 2.21. The monoisotopic (exact) mass is 362 g/mol. The molecule has 0 radical (unpaired) electrons. The van der Waals surface area contributed by atoms with E-state index in [1.807, 2.05) is 31.2 Å². The van der Waals surface area contributed by atoms with Gasteiger partial charge in [-0.2, -0.15) is 0 Å². The van der Waals surface area contributed by atoms with Crippen LogP contribution < -0.4 is 0 Å². The van der Waals surface area contributed by atoms with Gasteiger partial charge in [0, 0.05) is 26.9 Å². The molecule has 0 saturated heterocycles. The Bertz CT molecular complexity index is 836. The number of hydrogen-bond donors (Lipinski definition) is 0. The van der Waals surface area contributed by atoms with Crippen LogP contribution in [0.25, 0.3) is 11.0 Å². The second-order valence-corrected chi connectivity index (χ2v) is 5.99. The van der Waals surface area contributed by atoms with Crippen LogP contribution in [0.5, 0.6) is 0 Å². The van der Waals surface area contributed by atoms with Gasteiger partial charge in [-0.3, -0.25) is 4.79 Å². The molecule has 21 heavy (non-hydrogen) atoms. The van der Waals surface area contributed by atoms with Crippen molar-refractivity contribution in [2.75, 3.05) is 0 Å². The summed E-state index contributed by atoms with van der Waals surface area (Å²) in [6, 6.07) is 12.8. The van der Waals surface area contributed by atoms with E-state index in [0.29, 0.717) is 32.8 Å². The van der Waals surface area contributed by atoms with E-state index in [4.69, 9.17) is 16.0 Å². The van der Waals surface area contributed by atoms with Gasteiger partial charge in [0.1, 0.15) is 11.3 Å². The first-order valence-corrected chi connectivity index (χ1v) is 7.79. The molecule has 0 amide bonds. The van der Waals surface area contributed by atoms with E-state index in [0.717, 1.165) is 11.0 Å². The normalized spacial score (nSPS) is 11.0. The zero-order valence-corrected chi connectivity index (χ0v) is 13.7. The van der Waals surface area contributed by atoms with Gasteiger partial charge in [0.15, 0.2) is 5.78 Å². The molecule has 0 atom stereocenters. The van der Waals surface area contributed by atoms with Crippen molar-refractivity contribution in [1.29, 1.82) is 0 Å². The maximum Gasteiger partial charge on any atom is 0.198 e. The number of ketones is 1. The maximum atomic E-state index is 12.9. The molecule has 1 aromatic heterocycles. The number of para-hydroxylation sites is 1. The Labute approximate surface area is 135 Å². The zero-order chi connectivity index (χ0) is 15.0. The van der Waals surface area contributed by atoms with Gasteiger partial charge in [0.05, 0.1) is 5.56 Å². The number of carbonyl (C=O) groups excluding carboxylic acids is 1. The standard InChI is InChI=1S/C17H12BrClO2/c1-2-14-16(12-5-3-4-6-15(12)21-14)17(20)11-8-7-10(19)9-13(11)18/h3-9H,2H2,1H3. The van der Waals surface area contributed by atoms with Crippen LogP contribution in [0.3, 0.4) is 0 Å². The maximum absolute atomic E-state index is 12.9. The first kappa shape index (κ1) is 14.4. The Kier molecular flexibility index (Phi) is 3.87. The zero-order valence-electron chi connectivity index (χ0n) is 11.3. The minimum absolute atomic E-state index is 0.0552. The molecule has 0 N–H and O–H groups in total. The Hall–Kier alpha value is -1.58. The van der Waals surface area contributed by atoms with Crippen molar-refractivity contribution < 1.29 is 9.21 Å². The smallest absolute Gasteiger partial charge is 0.198 e. The minimum Gasteiger partial charge on any atom is -0.460 e. The van der Waals surface area contributed by atoms with Gasteiger partial charge < -0.3 is 4.42 Å². The van der Waals surface area contributed by atoms with Gasteiger partial charge in [-0.15, -0.1) is 0 Å². The van der Waals surface area contributed by atoms with E-state index in [1.165, 1.54) is 0 Å². The quantitative estimate of drug-likeness (QED) is 0.563. The van der Waals surface area contributed by atoms with E-state index in [1.54, 1.807) is 18.2 Å². The highest BCUT2D eigenvalue weighted by atomic mass is 79.9. The molecule has 3 rings (SSSR count). The summed E-state index contributed by atoms with van der Waals surface area (Å²) in [5.41, 5.74) is 1.96. The fourth-order valence-corrected chi connectivity index (χ4v) is 3.27. The SMILES string of the molecule is CCc1oc2ccccc2c1C(=O)c1ccc(Cl)cc1Br. The highest BCUT2D eigenvalue weighted by molar-refractivity contribution is 9.10. The van der Waals surface area contributed by atoms with Crippen molar-refractivity contribution in [2.45, 2.75) is 13.3 Å². The first-order valence-electron chi connectivity index (χ1n) is 6.62. The summed E-state index contributed by atoms with van der Waals surface area (Å²) in [5, 5.41) is 1.44. The van der Waals surface area contributed by atoms with E-state index >= 15 is 0 Å². The van der Waals surface area contributed by atoms with Crippen LogP contribution in [0, 0.1) is 0 Å². The molecule has 0 aliphatic heterocycles. The fraction of sp³-hybridized carbons (Fsp3) is 0.118. The van der Waals surface area contributed by atoms with Crippen LogP contribution in [0.2, 0.25) is 5.02 Å². The lowest BCUT2D eigenvalue weighted by molar-refractivity contribution is 0.103. The summed E-state index contributed by atoms with van der Waals surface area (Å²) in [6.07, 6.45) is 0.668. The molecule has 0 unspecified atom stereocenters. The molecule has 2 aromatic carbocycles. The number of aryl methyl sites for hydroxylation is 1. The molecular weight excluding hydrogens is 352 g/mol. The van der Waals surface area contributed by atoms with Crippen molar-refractivity contribution in [3.05, 3.63) is 68.8 Å². The average Bonchev–Trinajstić information content (AvgIpc) is 2.85. The van der Waals surface area contributed by atoms with Crippen LogP contribution in [-0.4, -0.2) is 5.78 Å². The number of fused-ring (bicyclic) bond motifs is 1. The van der Waals surface area contributed by atoms with E-state index < -0.39 is 0 Å². The third kappa shape index (κ3) is 2.52. The van der Waals surface area contributed by atoms with Crippen molar-refractivity contribution in [1.82, 2.24) is 0 Å². The van der Waals surface area contributed by atoms with Gasteiger partial charge in [-0.1, -0.05) is 36.7 Å². The lowest BCUT2D eigenvalue weighted by Gasteiger charge is -2.05. The summed E-state index contributed by atoms with van der Waals surface area (Å²) < 4.78 is 6.48. The Morgan fingerprint density at radius 1 is 1.24 bits per heavy atom. The molecule has 1 heterocycles. The lowest BCUT2D eigenvalue weighted by Crippen LogP contribution is -2.04. The third-order valence-electron chi connectivity index (χ3n) is 3.39. The average molecular weight is 364 g/mol. The van der Waals surface area contributed by atoms with Crippen LogP contribution in [0.4, 0.5) is 0 Å². The van der Waals surface area contributed by atoms with Crippen LogP contribution in [0.1, 0.15) is 28.6 Å². The van der Waals surface area contributed by atoms with Crippen LogP contribution in [-0.2, 0) is 6.42 Å². The first-order chi connectivity index (χ1) is 10.1. The van der Waals surface area contributed by atoms with Crippen LogP contribution in [0.15, 0.2) is 51.4 Å². The highest BCUT2D eigenvalue weighted by Gasteiger charge is 2.22. The minimum atomic E-state index is -0.0552. The highest BCUT2D eigenvalue weighted by Crippen LogP contribution is 2.31. The lowest BCUT2D eigenvalue weighted by atomic mass is 9.99. The summed E-state index contributed by atoms with van der Waals surface area (Å²) >= 11 is 9.35. The summed E-state index contributed by atoms with van der Waals surface area (Å²) in [4.78, 5) is 12.9. The second kappa shape index (κ2) is 5.66. The van der Waals surface area contributed by atoms with E-state index in [9.17, 15) is 4.79 Å². The predicted molar refractivity (Wildman–Crippen MR) is 88.2 cm³/mol. The predicted octanol–water partition coefficient (Wildman–Crippen LogP) is 5.64. The topological polar surface area (TPSA) is 30.2 Å². The number of hydrogen-bond acceptors (Lipinski definition) is 2. The molecule has 0 bridgehead atoms. The van der Waals surface area contributed by atoms with Crippen molar-refractivity contribution in [3.63, 3.8) is 0 Å². The summed E-state index contributed by atoms with van der Waals surface area (Å²) in [6.45, 7) is 1.98. The number of carbonyl (C=O) groups is 1. The molecular formula is C17H12BrClO2. The van der Waals surface area contributed by atoms with Gasteiger partial charge >= 0.3 is 0 Å². The Morgan fingerprint density at radius 3 is 2.71 bits per heavy atom. The number of halogens is 2. The van der Waals surface area contributed by atoms with Gasteiger partial charge in [-0.25, -0.2) is 0 Å². The Morgan fingerprint density at radius 2 is 2.00 bits per heavy atom. The second-order valence-electron chi connectivity index (χ2n) is 4.70. The molecule has 0 aliphatic carbocycles. The number of rotatable bonds is 3. The molecule has 4 heteroatoms. The van der Waals surface area contributed by atoms with Crippen molar-refractivity contribution >= 4 is 44.3 Å². The van der Waals surface area contributed by atoms with E-state index in [-0.39, 0.29) is 5.78 Å². The van der Waals surface area contributed by atoms with Gasteiger partial charge in [0.2, 0.25) is 0 Å². The molecule has 3 aromatic rings. The van der Waals surface area contributed by atoms with E-state index in [2.05, 4.69) is 15.9 Å². The number of benzene rings is 2. The van der Waals surface area contributed by atoms with Gasteiger partial charge in [0.25, 0.3) is 0 Å². The molecule has 0 spiro atoms. The largest absolute Gasteiger partial charge is 0.460 e. The molecule has 2 nitrogen and oxygen atoms in total. The van der Waals surface area contributed by atoms with Gasteiger partial charge in [-0.05, 0) is 40.2 Å². The molecule has 0 saturated carbocycles. The summed E-state index contributed by atoms with van der Waals surface area (Å²) in [5.74, 6) is 0.656. The number of furan rings is 1. The third-order valence-corrected chi connectivity index (χ3v) is 4.28. The van der Waals surface area contributed by atoms with Crippen molar-refractivity contribution in [2.24, 2.45) is 0 Å². The molecule has 0 fully saturated rings. The molecule has 0 aliphatic rings.